The number of ether oxygens (including phenoxy) is 3. The average Bonchev–Trinajstić information content (AvgIpc) is 2.46. The van der Waals surface area contributed by atoms with E-state index in [1.54, 1.807) is 7.11 Å². The molecule has 2 aliphatic rings. The summed E-state index contributed by atoms with van der Waals surface area (Å²) in [6, 6.07) is 5.64. The molecule has 0 spiro atoms. The molecule has 0 amide bonds. The topological polar surface area (TPSA) is 73.9 Å². The molecule has 1 atom stereocenters. The Morgan fingerprint density at radius 2 is 2.10 bits per heavy atom. The lowest BCUT2D eigenvalue weighted by atomic mass is 10.1. The molecule has 2 aliphatic heterocycles. The van der Waals surface area contributed by atoms with E-state index in [9.17, 15) is 8.42 Å². The van der Waals surface area contributed by atoms with Gasteiger partial charge in [0.25, 0.3) is 0 Å². The van der Waals surface area contributed by atoms with Gasteiger partial charge in [0.15, 0.2) is 21.3 Å². The lowest BCUT2D eigenvalue weighted by molar-refractivity contribution is 0.0275. The van der Waals surface area contributed by atoms with Gasteiger partial charge in [-0.25, -0.2) is 8.42 Å². The molecule has 7 heteroatoms. The van der Waals surface area contributed by atoms with Gasteiger partial charge in [-0.2, -0.15) is 0 Å². The van der Waals surface area contributed by atoms with Crippen LogP contribution in [0.2, 0.25) is 0 Å². The Kier molecular flexibility index (Phi) is 4.05. The Labute approximate surface area is 124 Å². The van der Waals surface area contributed by atoms with Crippen LogP contribution < -0.4 is 14.8 Å². The van der Waals surface area contributed by atoms with Crippen LogP contribution in [0.5, 0.6) is 11.5 Å². The van der Waals surface area contributed by atoms with Crippen molar-refractivity contribution in [3.8, 4) is 11.5 Å². The summed E-state index contributed by atoms with van der Waals surface area (Å²) in [4.78, 5) is 0. The van der Waals surface area contributed by atoms with Crippen molar-refractivity contribution >= 4 is 9.84 Å². The van der Waals surface area contributed by atoms with Crippen LogP contribution in [0.25, 0.3) is 0 Å². The molecular formula is C14H19NO5S. The molecule has 0 saturated carbocycles. The molecule has 116 valence electrons. The van der Waals surface area contributed by atoms with Gasteiger partial charge in [-0.05, 0) is 17.7 Å². The Morgan fingerprint density at radius 1 is 1.29 bits per heavy atom. The number of sulfone groups is 1. The number of benzene rings is 1. The molecule has 1 aromatic carbocycles. The summed E-state index contributed by atoms with van der Waals surface area (Å²) in [5, 5.41) is 3.28. The van der Waals surface area contributed by atoms with Crippen molar-refractivity contribution < 1.29 is 22.6 Å². The second-order valence-corrected chi connectivity index (χ2v) is 7.44. The zero-order valence-corrected chi connectivity index (χ0v) is 12.7. The SMILES string of the molecule is COc1cc(C2CNCCO2)ccc1OC1CS(=O)(=O)C1. The van der Waals surface area contributed by atoms with E-state index < -0.39 is 9.84 Å². The smallest absolute Gasteiger partial charge is 0.161 e. The van der Waals surface area contributed by atoms with Crippen molar-refractivity contribution in [2.45, 2.75) is 12.2 Å². The van der Waals surface area contributed by atoms with Gasteiger partial charge in [0.05, 0.1) is 31.3 Å². The fraction of sp³-hybridized carbons (Fsp3) is 0.571. The van der Waals surface area contributed by atoms with Crippen LogP contribution in [-0.4, -0.2) is 52.8 Å². The van der Waals surface area contributed by atoms with Gasteiger partial charge in [-0.3, -0.25) is 0 Å². The van der Waals surface area contributed by atoms with Gasteiger partial charge in [-0.15, -0.1) is 0 Å². The third kappa shape index (κ3) is 3.30. The molecule has 2 fully saturated rings. The first-order valence-electron chi connectivity index (χ1n) is 6.95. The molecule has 1 N–H and O–H groups in total. The molecule has 0 aliphatic carbocycles. The molecule has 1 aromatic rings. The second-order valence-electron chi connectivity index (χ2n) is 5.29. The standard InChI is InChI=1S/C14H19NO5S/c1-18-13-6-10(14-7-15-4-5-19-14)2-3-12(13)20-11-8-21(16,17)9-11/h2-3,6,11,14-15H,4-5,7-9H2,1H3. The molecule has 6 nitrogen and oxygen atoms in total. The predicted molar refractivity (Wildman–Crippen MR) is 77.6 cm³/mol. The number of nitrogens with one attached hydrogen (secondary N) is 1. The highest BCUT2D eigenvalue weighted by molar-refractivity contribution is 7.92. The number of methoxy groups -OCH3 is 1. The van der Waals surface area contributed by atoms with E-state index >= 15 is 0 Å². The van der Waals surface area contributed by atoms with Gasteiger partial charge in [-0.1, -0.05) is 6.07 Å². The van der Waals surface area contributed by atoms with E-state index in [1.165, 1.54) is 0 Å². The third-order valence-electron chi connectivity index (χ3n) is 3.66. The number of hydrogen-bond acceptors (Lipinski definition) is 6. The van der Waals surface area contributed by atoms with Gasteiger partial charge >= 0.3 is 0 Å². The fourth-order valence-corrected chi connectivity index (χ4v) is 3.70. The highest BCUT2D eigenvalue weighted by Crippen LogP contribution is 2.33. The third-order valence-corrected chi connectivity index (χ3v) is 5.42. The minimum atomic E-state index is -2.89. The monoisotopic (exact) mass is 313 g/mol. The van der Waals surface area contributed by atoms with Crippen LogP contribution in [0.1, 0.15) is 11.7 Å². The molecule has 2 saturated heterocycles. The van der Waals surface area contributed by atoms with Gasteiger partial charge in [0.2, 0.25) is 0 Å². The first kappa shape index (κ1) is 14.6. The lowest BCUT2D eigenvalue weighted by Gasteiger charge is -2.28. The minimum absolute atomic E-state index is 0.00535. The molecule has 0 aromatic heterocycles. The number of hydrogen-bond donors (Lipinski definition) is 1. The molecule has 1 unspecified atom stereocenters. The molecule has 2 heterocycles. The van der Waals surface area contributed by atoms with Crippen molar-refractivity contribution in [3.05, 3.63) is 23.8 Å². The van der Waals surface area contributed by atoms with Crippen LogP contribution >= 0.6 is 0 Å². The highest BCUT2D eigenvalue weighted by Gasteiger charge is 2.35. The Balaban J connectivity index is 1.72. The second kappa shape index (κ2) is 5.82. The largest absolute Gasteiger partial charge is 0.493 e. The Hall–Kier alpha value is -1.31. The van der Waals surface area contributed by atoms with Crippen molar-refractivity contribution in [1.82, 2.24) is 5.32 Å². The number of rotatable bonds is 4. The summed E-state index contributed by atoms with van der Waals surface area (Å²) in [5.41, 5.74) is 1.02. The maximum absolute atomic E-state index is 11.2. The molecule has 3 rings (SSSR count). The fourth-order valence-electron chi connectivity index (χ4n) is 2.53. The van der Waals surface area contributed by atoms with Crippen LogP contribution in [-0.2, 0) is 14.6 Å². The van der Waals surface area contributed by atoms with Crippen molar-refractivity contribution in [1.29, 1.82) is 0 Å². The first-order valence-corrected chi connectivity index (χ1v) is 8.77. The Morgan fingerprint density at radius 3 is 2.71 bits per heavy atom. The summed E-state index contributed by atoms with van der Waals surface area (Å²) >= 11 is 0. The van der Waals surface area contributed by atoms with Crippen LogP contribution in [0.3, 0.4) is 0 Å². The summed E-state index contributed by atoms with van der Waals surface area (Å²) in [6.45, 7) is 2.32. The Bertz CT molecular complexity index is 598. The predicted octanol–water partition coefficient (Wildman–Crippen LogP) is 0.532. The van der Waals surface area contributed by atoms with E-state index in [-0.39, 0.29) is 23.7 Å². The van der Waals surface area contributed by atoms with E-state index in [1.807, 2.05) is 18.2 Å². The molecule has 0 radical (unpaired) electrons. The zero-order chi connectivity index (χ0) is 14.9. The van der Waals surface area contributed by atoms with Crippen molar-refractivity contribution in [2.75, 3.05) is 38.3 Å². The molecular weight excluding hydrogens is 294 g/mol. The maximum atomic E-state index is 11.2. The summed E-state index contributed by atoms with van der Waals surface area (Å²) in [5.74, 6) is 1.33. The molecule has 0 bridgehead atoms. The summed E-state index contributed by atoms with van der Waals surface area (Å²) in [7, 11) is -1.32. The first-order chi connectivity index (χ1) is 10.1. The van der Waals surface area contributed by atoms with E-state index in [4.69, 9.17) is 14.2 Å². The highest BCUT2D eigenvalue weighted by atomic mass is 32.2. The van der Waals surface area contributed by atoms with E-state index in [0.717, 1.165) is 18.7 Å². The summed E-state index contributed by atoms with van der Waals surface area (Å²) in [6.07, 6.45) is -0.270. The summed E-state index contributed by atoms with van der Waals surface area (Å²) < 4.78 is 39.1. The minimum Gasteiger partial charge on any atom is -0.493 e. The lowest BCUT2D eigenvalue weighted by Crippen LogP contribution is -2.45. The average molecular weight is 313 g/mol. The molecule has 21 heavy (non-hydrogen) atoms. The van der Waals surface area contributed by atoms with Crippen molar-refractivity contribution in [3.63, 3.8) is 0 Å². The van der Waals surface area contributed by atoms with Crippen molar-refractivity contribution in [2.24, 2.45) is 0 Å². The van der Waals surface area contributed by atoms with E-state index in [0.29, 0.717) is 18.1 Å². The maximum Gasteiger partial charge on any atom is 0.161 e. The number of morpholine rings is 1. The van der Waals surface area contributed by atoms with E-state index in [2.05, 4.69) is 5.32 Å². The quantitative estimate of drug-likeness (QED) is 0.874. The van der Waals surface area contributed by atoms with Crippen LogP contribution in [0.15, 0.2) is 18.2 Å². The zero-order valence-electron chi connectivity index (χ0n) is 11.9. The van der Waals surface area contributed by atoms with Crippen LogP contribution in [0, 0.1) is 0 Å². The van der Waals surface area contributed by atoms with Gasteiger partial charge < -0.3 is 19.5 Å². The van der Waals surface area contributed by atoms with Gasteiger partial charge in [0, 0.05) is 13.1 Å². The normalized spacial score (nSPS) is 25.1. The van der Waals surface area contributed by atoms with Crippen LogP contribution in [0.4, 0.5) is 0 Å². The van der Waals surface area contributed by atoms with Gasteiger partial charge in [0.1, 0.15) is 6.10 Å².